The lowest BCUT2D eigenvalue weighted by molar-refractivity contribution is 0.0422. The van der Waals surface area contributed by atoms with Crippen LogP contribution in [0.2, 0.25) is 0 Å². The van der Waals surface area contributed by atoms with Gasteiger partial charge in [-0.3, -0.25) is 4.90 Å². The van der Waals surface area contributed by atoms with Gasteiger partial charge in [-0.25, -0.2) is 9.97 Å². The number of hydrogen-bond acceptors (Lipinski definition) is 5. The molecule has 0 radical (unpaired) electrons. The van der Waals surface area contributed by atoms with Gasteiger partial charge in [0.2, 0.25) is 5.95 Å². The van der Waals surface area contributed by atoms with Gasteiger partial charge in [-0.1, -0.05) is 18.6 Å². The van der Waals surface area contributed by atoms with Gasteiger partial charge in [0.15, 0.2) is 0 Å². The van der Waals surface area contributed by atoms with Gasteiger partial charge in [0.25, 0.3) is 0 Å². The molecule has 1 saturated carbocycles. The van der Waals surface area contributed by atoms with Crippen molar-refractivity contribution in [3.63, 3.8) is 0 Å². The minimum Gasteiger partial charge on any atom is -0.374 e. The van der Waals surface area contributed by atoms with Crippen LogP contribution in [0.15, 0.2) is 29.0 Å². The fraction of sp³-hybridized carbons (Fsp3) is 0.700. The minimum atomic E-state index is 0.394. The molecular formula is C20H31BrN4O. The van der Waals surface area contributed by atoms with Gasteiger partial charge in [0.05, 0.1) is 17.2 Å². The molecule has 144 valence electrons. The first-order valence-electron chi connectivity index (χ1n) is 9.91. The van der Waals surface area contributed by atoms with Crippen LogP contribution in [0.3, 0.4) is 0 Å². The number of ether oxygens (including phenoxy) is 1. The molecule has 1 saturated heterocycles. The van der Waals surface area contributed by atoms with Crippen molar-refractivity contribution >= 4 is 21.9 Å². The molecule has 2 aliphatic rings. The highest BCUT2D eigenvalue weighted by Crippen LogP contribution is 2.26. The monoisotopic (exact) mass is 422 g/mol. The Kier molecular flexibility index (Phi) is 7.89. The van der Waals surface area contributed by atoms with Crippen LogP contribution in [-0.2, 0) is 4.74 Å². The zero-order valence-corrected chi connectivity index (χ0v) is 17.4. The second-order valence-corrected chi connectivity index (χ2v) is 8.32. The highest BCUT2D eigenvalue weighted by atomic mass is 79.9. The summed E-state index contributed by atoms with van der Waals surface area (Å²) in [5.41, 5.74) is 0. The first-order valence-corrected chi connectivity index (χ1v) is 10.7. The highest BCUT2D eigenvalue weighted by Gasteiger charge is 2.25. The van der Waals surface area contributed by atoms with Crippen LogP contribution in [0.5, 0.6) is 0 Å². The van der Waals surface area contributed by atoms with E-state index in [1.54, 1.807) is 0 Å². The van der Waals surface area contributed by atoms with Crippen molar-refractivity contribution in [3.05, 3.63) is 29.0 Å². The van der Waals surface area contributed by atoms with E-state index in [9.17, 15) is 0 Å². The Bertz CT molecular complexity index is 551. The summed E-state index contributed by atoms with van der Waals surface area (Å²) in [6.45, 7) is 4.33. The molecule has 1 aliphatic carbocycles. The molecule has 2 fully saturated rings. The Labute approximate surface area is 166 Å². The fourth-order valence-electron chi connectivity index (χ4n) is 3.88. The van der Waals surface area contributed by atoms with Crippen molar-refractivity contribution in [3.8, 4) is 0 Å². The van der Waals surface area contributed by atoms with Crippen LogP contribution in [-0.4, -0.2) is 60.3 Å². The second-order valence-electron chi connectivity index (χ2n) is 7.41. The maximum absolute atomic E-state index is 6.06. The fourth-order valence-corrected chi connectivity index (χ4v) is 4.08. The van der Waals surface area contributed by atoms with Gasteiger partial charge in [-0.15, -0.1) is 0 Å². The highest BCUT2D eigenvalue weighted by molar-refractivity contribution is 9.10. The Hall–Kier alpha value is -0.980. The Morgan fingerprint density at radius 1 is 1.12 bits per heavy atom. The SMILES string of the molecule is CN(c1ncc(Br)cn1)[C@H]1CC[C@H](OC/C=C/CN2CCCCC2)CC1. The molecular weight excluding hydrogens is 392 g/mol. The maximum Gasteiger partial charge on any atom is 0.225 e. The molecule has 1 aliphatic heterocycles. The molecule has 0 N–H and O–H groups in total. The minimum absolute atomic E-state index is 0.394. The van der Waals surface area contributed by atoms with Crippen LogP contribution in [0.25, 0.3) is 0 Å². The standard InChI is InChI=1S/C20H31BrN4O/c1-24(20-22-15-17(21)16-23-20)18-7-9-19(10-8-18)26-14-6-5-13-25-11-3-2-4-12-25/h5-6,15-16,18-19H,2-4,7-14H2,1H3/b6-5+/t18-,19-. The van der Waals surface area contributed by atoms with E-state index >= 15 is 0 Å². The van der Waals surface area contributed by atoms with E-state index in [0.29, 0.717) is 12.1 Å². The zero-order chi connectivity index (χ0) is 18.2. The largest absolute Gasteiger partial charge is 0.374 e. The molecule has 0 amide bonds. The van der Waals surface area contributed by atoms with Gasteiger partial charge < -0.3 is 9.64 Å². The third kappa shape index (κ3) is 6.03. The number of likely N-dealkylation sites (tertiary alicyclic amines) is 1. The van der Waals surface area contributed by atoms with Crippen molar-refractivity contribution < 1.29 is 4.74 Å². The Morgan fingerprint density at radius 2 is 1.81 bits per heavy atom. The number of rotatable bonds is 7. The average molecular weight is 423 g/mol. The molecule has 1 aromatic rings. The van der Waals surface area contributed by atoms with E-state index in [0.717, 1.165) is 49.3 Å². The summed E-state index contributed by atoms with van der Waals surface area (Å²) in [4.78, 5) is 13.6. The van der Waals surface area contributed by atoms with Crippen molar-refractivity contribution in [1.29, 1.82) is 0 Å². The van der Waals surface area contributed by atoms with Crippen molar-refractivity contribution in [2.24, 2.45) is 0 Å². The van der Waals surface area contributed by atoms with Crippen molar-refractivity contribution in [2.45, 2.75) is 57.1 Å². The van der Waals surface area contributed by atoms with Crippen molar-refractivity contribution in [2.75, 3.05) is 38.2 Å². The quantitative estimate of drug-likeness (QED) is 0.619. The van der Waals surface area contributed by atoms with Gasteiger partial charge in [0.1, 0.15) is 0 Å². The third-order valence-corrected chi connectivity index (χ3v) is 5.93. The number of anilines is 1. The predicted octanol–water partition coefficient (Wildman–Crippen LogP) is 4.05. The molecule has 1 aromatic heterocycles. The number of hydrogen-bond donors (Lipinski definition) is 0. The van der Waals surface area contributed by atoms with Crippen LogP contribution in [0, 0.1) is 0 Å². The molecule has 3 rings (SSSR count). The van der Waals surface area contributed by atoms with E-state index in [1.807, 2.05) is 12.4 Å². The van der Waals surface area contributed by atoms with Gasteiger partial charge in [-0.05, 0) is 67.5 Å². The van der Waals surface area contributed by atoms with E-state index < -0.39 is 0 Å². The summed E-state index contributed by atoms with van der Waals surface area (Å²) in [7, 11) is 2.10. The van der Waals surface area contributed by atoms with Gasteiger partial charge in [0, 0.05) is 32.0 Å². The van der Waals surface area contributed by atoms with E-state index in [4.69, 9.17) is 4.74 Å². The number of aromatic nitrogens is 2. The summed E-state index contributed by atoms with van der Waals surface area (Å²) in [5, 5.41) is 0. The predicted molar refractivity (Wildman–Crippen MR) is 110 cm³/mol. The summed E-state index contributed by atoms with van der Waals surface area (Å²) >= 11 is 3.39. The number of piperidine rings is 1. The smallest absolute Gasteiger partial charge is 0.225 e. The second kappa shape index (κ2) is 10.4. The van der Waals surface area contributed by atoms with Gasteiger partial charge >= 0.3 is 0 Å². The summed E-state index contributed by atoms with van der Waals surface area (Å²) in [6.07, 6.45) is 17.1. The molecule has 2 heterocycles. The summed E-state index contributed by atoms with van der Waals surface area (Å²) in [6, 6.07) is 0.505. The maximum atomic E-state index is 6.06. The molecule has 26 heavy (non-hydrogen) atoms. The lowest BCUT2D eigenvalue weighted by Gasteiger charge is -2.34. The van der Waals surface area contributed by atoms with Crippen LogP contribution in [0.1, 0.15) is 44.9 Å². The number of halogens is 1. The lowest BCUT2D eigenvalue weighted by Crippen LogP contribution is -2.38. The Morgan fingerprint density at radius 3 is 2.50 bits per heavy atom. The molecule has 0 aromatic carbocycles. The first kappa shape index (κ1) is 19.8. The average Bonchev–Trinajstić information content (AvgIpc) is 2.69. The van der Waals surface area contributed by atoms with E-state index in [2.05, 4.69) is 54.9 Å². The zero-order valence-electron chi connectivity index (χ0n) is 15.8. The molecule has 6 heteroatoms. The molecule has 5 nitrogen and oxygen atoms in total. The van der Waals surface area contributed by atoms with Crippen LogP contribution < -0.4 is 4.90 Å². The summed E-state index contributed by atoms with van der Waals surface area (Å²) < 4.78 is 6.98. The first-order chi connectivity index (χ1) is 12.7. The van der Waals surface area contributed by atoms with E-state index in [1.165, 1.54) is 32.4 Å². The lowest BCUT2D eigenvalue weighted by atomic mass is 9.92. The molecule has 0 unspecified atom stereocenters. The normalized spacial score (nSPS) is 24.8. The van der Waals surface area contributed by atoms with E-state index in [-0.39, 0.29) is 0 Å². The number of nitrogens with zero attached hydrogens (tertiary/aromatic N) is 4. The molecule has 0 atom stereocenters. The summed E-state index contributed by atoms with van der Waals surface area (Å²) in [5.74, 6) is 0.804. The molecule has 0 spiro atoms. The van der Waals surface area contributed by atoms with Crippen molar-refractivity contribution in [1.82, 2.24) is 14.9 Å². The topological polar surface area (TPSA) is 41.5 Å². The van der Waals surface area contributed by atoms with Gasteiger partial charge in [-0.2, -0.15) is 0 Å². The van der Waals surface area contributed by atoms with Crippen LogP contribution in [0.4, 0.5) is 5.95 Å². The Balaban J connectivity index is 1.32. The van der Waals surface area contributed by atoms with Crippen LogP contribution >= 0.6 is 15.9 Å². The molecule has 0 bridgehead atoms. The third-order valence-electron chi connectivity index (χ3n) is 5.52.